The molecule has 106 valence electrons. The van der Waals surface area contributed by atoms with Crippen LogP contribution in [-0.2, 0) is 9.53 Å². The molecule has 0 bridgehead atoms. The Bertz CT molecular complexity index is 282. The fraction of sp³-hybridized carbons (Fsp3) is 0.846. The lowest BCUT2D eigenvalue weighted by atomic mass is 10.0. The molecule has 5 nitrogen and oxygen atoms in total. The highest BCUT2D eigenvalue weighted by atomic mass is 16.6. The van der Waals surface area contributed by atoms with Crippen molar-refractivity contribution in [2.75, 3.05) is 6.54 Å². The fourth-order valence-corrected chi connectivity index (χ4v) is 1.45. The van der Waals surface area contributed by atoms with Crippen LogP contribution in [0.25, 0.3) is 0 Å². The summed E-state index contributed by atoms with van der Waals surface area (Å²) in [5.41, 5.74) is -0.562. The van der Waals surface area contributed by atoms with Gasteiger partial charge in [-0.05, 0) is 40.0 Å². The number of ether oxygens (including phenoxy) is 1. The van der Waals surface area contributed by atoms with Gasteiger partial charge in [-0.25, -0.2) is 4.79 Å². The molecule has 0 aromatic rings. The Hall–Kier alpha value is -1.26. The first-order valence-corrected chi connectivity index (χ1v) is 6.43. The van der Waals surface area contributed by atoms with Crippen molar-refractivity contribution in [3.8, 4) is 0 Å². The van der Waals surface area contributed by atoms with Crippen molar-refractivity contribution in [2.45, 2.75) is 59.6 Å². The fourth-order valence-electron chi connectivity index (χ4n) is 1.45. The molecular formula is C13H26N2O3. The quantitative estimate of drug-likeness (QED) is 0.793. The average Bonchev–Trinajstić information content (AvgIpc) is 2.13. The lowest BCUT2D eigenvalue weighted by Gasteiger charge is -2.24. The van der Waals surface area contributed by atoms with Gasteiger partial charge in [-0.15, -0.1) is 0 Å². The number of alkyl carbamates (subject to hydrolysis) is 1. The molecule has 0 aliphatic rings. The first-order chi connectivity index (χ1) is 8.15. The van der Waals surface area contributed by atoms with Gasteiger partial charge in [-0.3, -0.25) is 4.79 Å². The maximum absolute atomic E-state index is 11.8. The van der Waals surface area contributed by atoms with E-state index in [1.807, 2.05) is 20.8 Å². The minimum Gasteiger partial charge on any atom is -0.444 e. The van der Waals surface area contributed by atoms with Gasteiger partial charge in [0.2, 0.25) is 5.91 Å². The first kappa shape index (κ1) is 16.7. The predicted molar refractivity (Wildman–Crippen MR) is 71.3 cm³/mol. The van der Waals surface area contributed by atoms with Gasteiger partial charge in [0.05, 0.1) is 0 Å². The van der Waals surface area contributed by atoms with Crippen LogP contribution in [0.3, 0.4) is 0 Å². The van der Waals surface area contributed by atoms with Gasteiger partial charge in [0.1, 0.15) is 11.6 Å². The zero-order valence-corrected chi connectivity index (χ0v) is 12.3. The van der Waals surface area contributed by atoms with E-state index >= 15 is 0 Å². The molecule has 5 heteroatoms. The van der Waals surface area contributed by atoms with Crippen LogP contribution in [0.2, 0.25) is 0 Å². The van der Waals surface area contributed by atoms with Crippen molar-refractivity contribution in [1.29, 1.82) is 0 Å². The second-order valence-electron chi connectivity index (χ2n) is 5.72. The third kappa shape index (κ3) is 7.92. The summed E-state index contributed by atoms with van der Waals surface area (Å²) in [6, 6.07) is -0.542. The summed E-state index contributed by atoms with van der Waals surface area (Å²) in [7, 11) is 0. The van der Waals surface area contributed by atoms with Crippen molar-refractivity contribution >= 4 is 12.0 Å². The van der Waals surface area contributed by atoms with Crippen LogP contribution in [0.4, 0.5) is 4.79 Å². The summed E-state index contributed by atoms with van der Waals surface area (Å²) in [4.78, 5) is 23.4. The first-order valence-electron chi connectivity index (χ1n) is 6.43. The molecule has 0 aromatic carbocycles. The normalized spacial score (nSPS) is 13.1. The molecule has 0 unspecified atom stereocenters. The number of carbonyl (C=O) groups excluding carboxylic acids is 2. The van der Waals surface area contributed by atoms with E-state index in [9.17, 15) is 9.59 Å². The van der Waals surface area contributed by atoms with Crippen LogP contribution in [0.5, 0.6) is 0 Å². The van der Waals surface area contributed by atoms with Crippen LogP contribution in [0.15, 0.2) is 0 Å². The molecule has 0 fully saturated rings. The summed E-state index contributed by atoms with van der Waals surface area (Å²) >= 11 is 0. The Morgan fingerprint density at radius 3 is 2.17 bits per heavy atom. The number of rotatable bonds is 5. The molecule has 0 radical (unpaired) electrons. The second-order valence-corrected chi connectivity index (χ2v) is 5.72. The Labute approximate surface area is 110 Å². The van der Waals surface area contributed by atoms with E-state index in [-0.39, 0.29) is 5.91 Å². The molecule has 0 spiro atoms. The Kier molecular flexibility index (Phi) is 6.73. The van der Waals surface area contributed by atoms with Gasteiger partial charge in [-0.1, -0.05) is 13.8 Å². The number of hydrogen-bond donors (Lipinski definition) is 2. The predicted octanol–water partition coefficient (Wildman–Crippen LogP) is 2.06. The number of likely N-dealkylation sites (N-methyl/N-ethyl adjacent to an activating group) is 1. The third-order valence-electron chi connectivity index (χ3n) is 2.07. The molecule has 0 aromatic heterocycles. The minimum absolute atomic E-state index is 0.169. The molecule has 0 saturated heterocycles. The Morgan fingerprint density at radius 1 is 1.22 bits per heavy atom. The standard InChI is InChI=1S/C13H26N2O3/c1-7-14-11(16)10(8-9(2)3)15-12(17)18-13(4,5)6/h9-10H,7-8H2,1-6H3,(H,14,16)(H,15,17)/t10-/m1/s1. The van der Waals surface area contributed by atoms with Crippen LogP contribution < -0.4 is 10.6 Å². The largest absolute Gasteiger partial charge is 0.444 e. The lowest BCUT2D eigenvalue weighted by Crippen LogP contribution is -2.48. The van der Waals surface area contributed by atoms with Crippen LogP contribution in [0, 0.1) is 5.92 Å². The molecule has 0 aliphatic carbocycles. The maximum atomic E-state index is 11.8. The van der Waals surface area contributed by atoms with E-state index in [0.717, 1.165) is 0 Å². The SMILES string of the molecule is CCNC(=O)[C@@H](CC(C)C)NC(=O)OC(C)(C)C. The maximum Gasteiger partial charge on any atom is 0.408 e. The van der Waals surface area contributed by atoms with E-state index in [1.54, 1.807) is 20.8 Å². The molecule has 0 saturated carbocycles. The van der Waals surface area contributed by atoms with Crippen molar-refractivity contribution in [2.24, 2.45) is 5.92 Å². The van der Waals surface area contributed by atoms with Crippen molar-refractivity contribution in [3.63, 3.8) is 0 Å². The van der Waals surface area contributed by atoms with Gasteiger partial charge in [0, 0.05) is 6.54 Å². The van der Waals surface area contributed by atoms with Crippen molar-refractivity contribution in [1.82, 2.24) is 10.6 Å². The van der Waals surface area contributed by atoms with Gasteiger partial charge >= 0.3 is 6.09 Å². The highest BCUT2D eigenvalue weighted by Crippen LogP contribution is 2.09. The van der Waals surface area contributed by atoms with Crippen LogP contribution in [0.1, 0.15) is 48.0 Å². The molecule has 2 N–H and O–H groups in total. The molecule has 18 heavy (non-hydrogen) atoms. The van der Waals surface area contributed by atoms with Crippen LogP contribution in [-0.4, -0.2) is 30.2 Å². The molecule has 0 rings (SSSR count). The smallest absolute Gasteiger partial charge is 0.408 e. The number of hydrogen-bond acceptors (Lipinski definition) is 3. The van der Waals surface area contributed by atoms with Crippen molar-refractivity contribution in [3.05, 3.63) is 0 Å². The second kappa shape index (κ2) is 7.24. The zero-order chi connectivity index (χ0) is 14.3. The summed E-state index contributed by atoms with van der Waals surface area (Å²) in [6.45, 7) is 11.8. The van der Waals surface area contributed by atoms with Gasteiger partial charge in [0.25, 0.3) is 0 Å². The summed E-state index contributed by atoms with van der Waals surface area (Å²) < 4.78 is 5.15. The lowest BCUT2D eigenvalue weighted by molar-refractivity contribution is -0.123. The summed E-state index contributed by atoms with van der Waals surface area (Å²) in [5, 5.41) is 5.33. The highest BCUT2D eigenvalue weighted by molar-refractivity contribution is 5.85. The van der Waals surface area contributed by atoms with E-state index < -0.39 is 17.7 Å². The third-order valence-corrected chi connectivity index (χ3v) is 2.07. The number of carbonyl (C=O) groups is 2. The van der Waals surface area contributed by atoms with E-state index in [0.29, 0.717) is 18.9 Å². The molecule has 1 atom stereocenters. The Balaban J connectivity index is 4.49. The Morgan fingerprint density at radius 2 is 1.78 bits per heavy atom. The molecule has 0 aliphatic heterocycles. The molecule has 0 heterocycles. The monoisotopic (exact) mass is 258 g/mol. The molecular weight excluding hydrogens is 232 g/mol. The summed E-state index contributed by atoms with van der Waals surface area (Å²) in [6.07, 6.45) is 0.0323. The van der Waals surface area contributed by atoms with Crippen LogP contribution >= 0.6 is 0 Å². The topological polar surface area (TPSA) is 67.4 Å². The van der Waals surface area contributed by atoms with E-state index in [2.05, 4.69) is 10.6 Å². The number of amides is 2. The van der Waals surface area contributed by atoms with Gasteiger partial charge in [0.15, 0.2) is 0 Å². The minimum atomic E-state index is -0.562. The number of nitrogens with one attached hydrogen (secondary N) is 2. The van der Waals surface area contributed by atoms with Crippen molar-refractivity contribution < 1.29 is 14.3 Å². The average molecular weight is 258 g/mol. The van der Waals surface area contributed by atoms with E-state index in [1.165, 1.54) is 0 Å². The zero-order valence-electron chi connectivity index (χ0n) is 12.3. The van der Waals surface area contributed by atoms with Gasteiger partial charge in [-0.2, -0.15) is 0 Å². The highest BCUT2D eigenvalue weighted by Gasteiger charge is 2.24. The van der Waals surface area contributed by atoms with Gasteiger partial charge < -0.3 is 15.4 Å². The summed E-state index contributed by atoms with van der Waals surface area (Å²) in [5.74, 6) is 0.143. The van der Waals surface area contributed by atoms with E-state index in [4.69, 9.17) is 4.74 Å². The molecule has 2 amide bonds.